The number of aryl methyl sites for hydroxylation is 1. The molecule has 0 aliphatic rings. The maximum atomic E-state index is 4.08. The Morgan fingerprint density at radius 2 is 2.20 bits per heavy atom. The van der Waals surface area contributed by atoms with Crippen molar-refractivity contribution in [3.05, 3.63) is 48.5 Å². The summed E-state index contributed by atoms with van der Waals surface area (Å²) in [5, 5.41) is 0. The molecule has 0 N–H and O–H groups in total. The van der Waals surface area contributed by atoms with E-state index in [-0.39, 0.29) is 0 Å². The van der Waals surface area contributed by atoms with Crippen LogP contribution in [-0.4, -0.2) is 21.6 Å². The molecule has 0 unspecified atom stereocenters. The Morgan fingerprint density at radius 3 is 2.93 bits per heavy atom. The number of rotatable bonds is 4. The Labute approximate surface area is 94.3 Å². The Kier molecular flexibility index (Phi) is 3.45. The van der Waals surface area contributed by atoms with Gasteiger partial charge in [0.1, 0.15) is 0 Å². The van der Waals surface area contributed by atoms with Crippen molar-refractivity contribution < 1.29 is 0 Å². The Bertz CT molecular complexity index is 409. The van der Waals surface area contributed by atoms with E-state index in [4.69, 9.17) is 0 Å². The Morgan fingerprint density at radius 1 is 1.33 bits per heavy atom. The van der Waals surface area contributed by atoms with Crippen molar-refractivity contribution >= 4 is 11.8 Å². The van der Waals surface area contributed by atoms with Crippen molar-refractivity contribution in [2.45, 2.75) is 6.42 Å². The molecule has 2 nitrogen and oxygen atoms in total. The first-order chi connectivity index (χ1) is 7.42. The fourth-order valence-electron chi connectivity index (χ4n) is 1.59. The zero-order chi connectivity index (χ0) is 10.5. The van der Waals surface area contributed by atoms with Gasteiger partial charge in [0.05, 0.1) is 6.33 Å². The van der Waals surface area contributed by atoms with Crippen LogP contribution >= 0.6 is 11.8 Å². The van der Waals surface area contributed by atoms with E-state index in [9.17, 15) is 0 Å². The Balaban J connectivity index is 2.30. The van der Waals surface area contributed by atoms with Crippen molar-refractivity contribution in [1.29, 1.82) is 0 Å². The topological polar surface area (TPSA) is 17.8 Å². The molecule has 1 aromatic heterocycles. The smallest absolute Gasteiger partial charge is 0.0991 e. The van der Waals surface area contributed by atoms with Crippen molar-refractivity contribution in [3.63, 3.8) is 0 Å². The van der Waals surface area contributed by atoms with Gasteiger partial charge in [0.25, 0.3) is 0 Å². The molecular weight excluding hydrogens is 204 g/mol. The predicted octanol–water partition coefficient (Wildman–Crippen LogP) is 2.78. The van der Waals surface area contributed by atoms with E-state index in [1.165, 1.54) is 11.3 Å². The summed E-state index contributed by atoms with van der Waals surface area (Å²) >= 11 is 1.88. The number of para-hydroxylation sites is 1. The van der Waals surface area contributed by atoms with Crippen LogP contribution in [0.25, 0.3) is 5.69 Å². The molecule has 0 radical (unpaired) electrons. The first kappa shape index (κ1) is 10.3. The van der Waals surface area contributed by atoms with E-state index in [0.717, 1.165) is 12.2 Å². The molecule has 0 aliphatic carbocycles. The number of hydrogen-bond donors (Lipinski definition) is 0. The first-order valence-electron chi connectivity index (χ1n) is 4.97. The summed E-state index contributed by atoms with van der Waals surface area (Å²) in [7, 11) is 0. The Hall–Kier alpha value is -1.22. The zero-order valence-corrected chi connectivity index (χ0v) is 9.57. The lowest BCUT2D eigenvalue weighted by Gasteiger charge is -2.08. The molecule has 1 aromatic carbocycles. The average Bonchev–Trinajstić information content (AvgIpc) is 2.80. The van der Waals surface area contributed by atoms with Gasteiger partial charge in [-0.15, -0.1) is 0 Å². The first-order valence-corrected chi connectivity index (χ1v) is 6.36. The maximum absolute atomic E-state index is 4.08. The lowest BCUT2D eigenvalue weighted by Crippen LogP contribution is -1.98. The van der Waals surface area contributed by atoms with Gasteiger partial charge in [0.2, 0.25) is 0 Å². The third-order valence-electron chi connectivity index (χ3n) is 2.35. The molecule has 0 saturated carbocycles. The SMILES string of the molecule is CSCCc1ccccc1-n1ccnc1. The molecular formula is C12H14N2S. The highest BCUT2D eigenvalue weighted by Crippen LogP contribution is 2.15. The third kappa shape index (κ3) is 2.42. The predicted molar refractivity (Wildman–Crippen MR) is 65.7 cm³/mol. The van der Waals surface area contributed by atoms with E-state index in [2.05, 4.69) is 40.1 Å². The number of aromatic nitrogens is 2. The minimum absolute atomic E-state index is 1.11. The van der Waals surface area contributed by atoms with Crippen LogP contribution in [0.3, 0.4) is 0 Å². The molecule has 0 fully saturated rings. The summed E-state index contributed by atoms with van der Waals surface area (Å²) in [5.41, 5.74) is 2.62. The van der Waals surface area contributed by atoms with Gasteiger partial charge in [-0.3, -0.25) is 0 Å². The highest BCUT2D eigenvalue weighted by Gasteiger charge is 2.02. The van der Waals surface area contributed by atoms with Crippen LogP contribution in [0, 0.1) is 0 Å². The van der Waals surface area contributed by atoms with Crippen molar-refractivity contribution in [3.8, 4) is 5.69 Å². The van der Waals surface area contributed by atoms with Crippen LogP contribution in [-0.2, 0) is 6.42 Å². The van der Waals surface area contributed by atoms with E-state index < -0.39 is 0 Å². The zero-order valence-electron chi connectivity index (χ0n) is 8.76. The second-order valence-electron chi connectivity index (χ2n) is 3.34. The fourth-order valence-corrected chi connectivity index (χ4v) is 2.01. The maximum Gasteiger partial charge on any atom is 0.0991 e. The van der Waals surface area contributed by atoms with E-state index in [0.29, 0.717) is 0 Å². The minimum Gasteiger partial charge on any atom is -0.306 e. The lowest BCUT2D eigenvalue weighted by molar-refractivity contribution is 1.01. The van der Waals surface area contributed by atoms with Crippen molar-refractivity contribution in [2.75, 3.05) is 12.0 Å². The summed E-state index contributed by atoms with van der Waals surface area (Å²) in [4.78, 5) is 4.08. The van der Waals surface area contributed by atoms with Gasteiger partial charge in [0, 0.05) is 18.1 Å². The van der Waals surface area contributed by atoms with Gasteiger partial charge >= 0.3 is 0 Å². The number of imidazole rings is 1. The van der Waals surface area contributed by atoms with Crippen LogP contribution in [0.5, 0.6) is 0 Å². The molecule has 0 saturated heterocycles. The van der Waals surface area contributed by atoms with Gasteiger partial charge in [0.15, 0.2) is 0 Å². The highest BCUT2D eigenvalue weighted by molar-refractivity contribution is 7.98. The quantitative estimate of drug-likeness (QED) is 0.785. The van der Waals surface area contributed by atoms with Gasteiger partial charge in [-0.1, -0.05) is 18.2 Å². The second kappa shape index (κ2) is 5.03. The molecule has 0 bridgehead atoms. The van der Waals surface area contributed by atoms with Crippen LogP contribution in [0.2, 0.25) is 0 Å². The third-order valence-corrected chi connectivity index (χ3v) is 2.96. The highest BCUT2D eigenvalue weighted by atomic mass is 32.2. The van der Waals surface area contributed by atoms with Crippen molar-refractivity contribution in [1.82, 2.24) is 9.55 Å². The monoisotopic (exact) mass is 218 g/mol. The standard InChI is InChI=1S/C12H14N2S/c1-15-9-6-11-4-2-3-5-12(11)14-8-7-13-10-14/h2-5,7-8,10H,6,9H2,1H3. The number of hydrogen-bond acceptors (Lipinski definition) is 2. The van der Waals surface area contributed by atoms with Gasteiger partial charge in [-0.05, 0) is 30.1 Å². The molecule has 1 heterocycles. The normalized spacial score (nSPS) is 10.5. The summed E-state index contributed by atoms with van der Waals surface area (Å²) in [5.74, 6) is 1.16. The average molecular weight is 218 g/mol. The molecule has 15 heavy (non-hydrogen) atoms. The van der Waals surface area contributed by atoms with Crippen LogP contribution in [0.15, 0.2) is 43.0 Å². The van der Waals surface area contributed by atoms with Gasteiger partial charge in [-0.2, -0.15) is 11.8 Å². The lowest BCUT2D eigenvalue weighted by atomic mass is 10.1. The molecule has 0 atom stereocenters. The summed E-state index contributed by atoms with van der Waals surface area (Å²) < 4.78 is 2.07. The van der Waals surface area contributed by atoms with E-state index in [1.54, 1.807) is 0 Å². The summed E-state index contributed by atoms with van der Waals surface area (Å²) in [6, 6.07) is 8.48. The number of benzene rings is 1. The largest absolute Gasteiger partial charge is 0.306 e. The fraction of sp³-hybridized carbons (Fsp3) is 0.250. The molecule has 2 rings (SSSR count). The minimum atomic E-state index is 1.11. The molecule has 78 valence electrons. The number of nitrogens with zero attached hydrogens (tertiary/aromatic N) is 2. The number of thioether (sulfide) groups is 1. The van der Waals surface area contributed by atoms with Gasteiger partial charge < -0.3 is 4.57 Å². The van der Waals surface area contributed by atoms with Crippen LogP contribution in [0.1, 0.15) is 5.56 Å². The van der Waals surface area contributed by atoms with Gasteiger partial charge in [-0.25, -0.2) is 4.98 Å². The van der Waals surface area contributed by atoms with Crippen LogP contribution < -0.4 is 0 Å². The second-order valence-corrected chi connectivity index (χ2v) is 4.33. The van der Waals surface area contributed by atoms with Crippen LogP contribution in [0.4, 0.5) is 0 Å². The van der Waals surface area contributed by atoms with E-state index >= 15 is 0 Å². The van der Waals surface area contributed by atoms with E-state index in [1.807, 2.05) is 30.5 Å². The molecule has 0 spiro atoms. The molecule has 3 heteroatoms. The molecule has 0 aliphatic heterocycles. The van der Waals surface area contributed by atoms with Crippen molar-refractivity contribution in [2.24, 2.45) is 0 Å². The molecule has 2 aromatic rings. The molecule has 0 amide bonds. The summed E-state index contributed by atoms with van der Waals surface area (Å²) in [6.07, 6.45) is 8.89. The summed E-state index contributed by atoms with van der Waals surface area (Å²) in [6.45, 7) is 0.